The van der Waals surface area contributed by atoms with Gasteiger partial charge in [-0.2, -0.15) is 5.10 Å². The van der Waals surface area contributed by atoms with Crippen molar-refractivity contribution in [2.75, 3.05) is 0 Å². The van der Waals surface area contributed by atoms with Gasteiger partial charge in [0.15, 0.2) is 0 Å². The van der Waals surface area contributed by atoms with E-state index in [9.17, 15) is 0 Å². The Morgan fingerprint density at radius 3 is 1.80 bits per heavy atom. The number of hydrogen-bond acceptors (Lipinski definition) is 1. The molecular weight excluding hydrogens is 184 g/mol. The highest BCUT2D eigenvalue weighted by Gasteiger charge is 2.08. The van der Waals surface area contributed by atoms with Gasteiger partial charge in [-0.3, -0.25) is 4.68 Å². The maximum absolute atomic E-state index is 4.25. The zero-order chi connectivity index (χ0) is 12.4. The van der Waals surface area contributed by atoms with E-state index in [0.29, 0.717) is 12.0 Å². The van der Waals surface area contributed by atoms with Gasteiger partial charge in [-0.1, -0.05) is 41.5 Å². The SMILES string of the molecule is CC.CC.Cc1cnn(C(C)C(C)C)c1. The van der Waals surface area contributed by atoms with Crippen LogP contribution in [0.25, 0.3) is 0 Å². The fraction of sp³-hybridized carbons (Fsp3) is 0.769. The first-order chi connectivity index (χ1) is 7.11. The quantitative estimate of drug-likeness (QED) is 0.707. The van der Waals surface area contributed by atoms with Crippen molar-refractivity contribution in [1.29, 1.82) is 0 Å². The van der Waals surface area contributed by atoms with Crippen molar-refractivity contribution in [3.05, 3.63) is 18.0 Å². The molecule has 1 heterocycles. The van der Waals surface area contributed by atoms with Crippen LogP contribution >= 0.6 is 0 Å². The summed E-state index contributed by atoms with van der Waals surface area (Å²) in [5, 5.41) is 4.25. The maximum Gasteiger partial charge on any atom is 0.0519 e. The molecule has 0 amide bonds. The van der Waals surface area contributed by atoms with Gasteiger partial charge in [0.05, 0.1) is 12.2 Å². The Kier molecular flexibility index (Phi) is 10.8. The molecule has 2 heteroatoms. The van der Waals surface area contributed by atoms with Crippen LogP contribution in [0.15, 0.2) is 12.4 Å². The lowest BCUT2D eigenvalue weighted by atomic mass is 10.1. The predicted octanol–water partition coefficient (Wildman–Crippen LogP) is 4.46. The number of aryl methyl sites for hydroxylation is 1. The van der Waals surface area contributed by atoms with Gasteiger partial charge in [0.2, 0.25) is 0 Å². The van der Waals surface area contributed by atoms with Crippen molar-refractivity contribution in [3.8, 4) is 0 Å². The molecule has 15 heavy (non-hydrogen) atoms. The Bertz CT molecular complexity index is 226. The normalized spacial score (nSPS) is 11.0. The molecule has 0 spiro atoms. The number of hydrogen-bond donors (Lipinski definition) is 0. The summed E-state index contributed by atoms with van der Waals surface area (Å²) in [6.45, 7) is 16.7. The summed E-state index contributed by atoms with van der Waals surface area (Å²) >= 11 is 0. The molecule has 0 aliphatic carbocycles. The molecule has 0 aliphatic rings. The van der Waals surface area contributed by atoms with Crippen LogP contribution in [-0.2, 0) is 0 Å². The van der Waals surface area contributed by atoms with Gasteiger partial charge in [-0.05, 0) is 25.3 Å². The van der Waals surface area contributed by atoms with Gasteiger partial charge < -0.3 is 0 Å². The van der Waals surface area contributed by atoms with E-state index in [2.05, 4.69) is 39.0 Å². The third-order valence-electron chi connectivity index (χ3n) is 2.11. The summed E-state index contributed by atoms with van der Waals surface area (Å²) in [5.74, 6) is 0.647. The van der Waals surface area contributed by atoms with Gasteiger partial charge >= 0.3 is 0 Å². The highest BCUT2D eigenvalue weighted by Crippen LogP contribution is 2.15. The van der Waals surface area contributed by atoms with E-state index in [1.807, 2.05) is 38.6 Å². The Balaban J connectivity index is 0. The summed E-state index contributed by atoms with van der Waals surface area (Å²) in [4.78, 5) is 0. The van der Waals surface area contributed by atoms with E-state index >= 15 is 0 Å². The van der Waals surface area contributed by atoms with Gasteiger partial charge in [0, 0.05) is 6.20 Å². The first-order valence-electron chi connectivity index (χ1n) is 6.12. The third-order valence-corrected chi connectivity index (χ3v) is 2.11. The molecule has 0 aromatic carbocycles. The summed E-state index contributed by atoms with van der Waals surface area (Å²) in [6.07, 6.45) is 3.99. The number of nitrogens with zero attached hydrogens (tertiary/aromatic N) is 2. The van der Waals surface area contributed by atoms with Crippen LogP contribution in [0.5, 0.6) is 0 Å². The summed E-state index contributed by atoms with van der Waals surface area (Å²) < 4.78 is 2.03. The van der Waals surface area contributed by atoms with E-state index < -0.39 is 0 Å². The monoisotopic (exact) mass is 212 g/mol. The molecule has 1 aromatic rings. The van der Waals surface area contributed by atoms with Crippen molar-refractivity contribution in [2.45, 2.75) is 61.4 Å². The second-order valence-corrected chi connectivity index (χ2v) is 3.48. The second-order valence-electron chi connectivity index (χ2n) is 3.48. The Labute approximate surface area is 95.7 Å². The minimum atomic E-state index is 0.503. The lowest BCUT2D eigenvalue weighted by molar-refractivity contribution is 0.375. The van der Waals surface area contributed by atoms with Gasteiger partial charge in [0.1, 0.15) is 0 Å². The molecular formula is C13H28N2. The van der Waals surface area contributed by atoms with E-state index in [1.54, 1.807) is 0 Å². The average molecular weight is 212 g/mol. The topological polar surface area (TPSA) is 17.8 Å². The summed E-state index contributed by atoms with van der Waals surface area (Å²) in [7, 11) is 0. The zero-order valence-corrected chi connectivity index (χ0v) is 11.7. The maximum atomic E-state index is 4.25. The molecule has 1 atom stereocenters. The van der Waals surface area contributed by atoms with Gasteiger partial charge in [-0.25, -0.2) is 0 Å². The van der Waals surface area contributed by atoms with Gasteiger partial charge in [0.25, 0.3) is 0 Å². The van der Waals surface area contributed by atoms with Crippen LogP contribution in [0, 0.1) is 12.8 Å². The van der Waals surface area contributed by atoms with Crippen LogP contribution < -0.4 is 0 Å². The summed E-state index contributed by atoms with van der Waals surface area (Å²) in [5.41, 5.74) is 1.23. The minimum absolute atomic E-state index is 0.503. The van der Waals surface area contributed by atoms with Crippen molar-refractivity contribution in [2.24, 2.45) is 5.92 Å². The average Bonchev–Trinajstić information content (AvgIpc) is 2.69. The van der Waals surface area contributed by atoms with Crippen molar-refractivity contribution in [3.63, 3.8) is 0 Å². The van der Waals surface area contributed by atoms with E-state index in [4.69, 9.17) is 0 Å². The van der Waals surface area contributed by atoms with Crippen molar-refractivity contribution < 1.29 is 0 Å². The summed E-state index contributed by atoms with van der Waals surface area (Å²) in [6, 6.07) is 0.503. The largest absolute Gasteiger partial charge is 0.269 e. The van der Waals surface area contributed by atoms with Crippen molar-refractivity contribution >= 4 is 0 Å². The Morgan fingerprint density at radius 1 is 1.07 bits per heavy atom. The van der Waals surface area contributed by atoms with E-state index in [0.717, 1.165) is 0 Å². The fourth-order valence-electron chi connectivity index (χ4n) is 0.961. The molecule has 1 unspecified atom stereocenters. The molecule has 2 nitrogen and oxygen atoms in total. The van der Waals surface area contributed by atoms with Crippen LogP contribution in [0.4, 0.5) is 0 Å². The smallest absolute Gasteiger partial charge is 0.0519 e. The zero-order valence-electron chi connectivity index (χ0n) is 11.7. The lowest BCUT2D eigenvalue weighted by Crippen LogP contribution is -2.11. The Hall–Kier alpha value is -0.790. The first-order valence-corrected chi connectivity index (χ1v) is 6.12. The molecule has 0 bridgehead atoms. The van der Waals surface area contributed by atoms with Crippen molar-refractivity contribution in [1.82, 2.24) is 9.78 Å². The van der Waals surface area contributed by atoms with Crippen LogP contribution in [-0.4, -0.2) is 9.78 Å². The lowest BCUT2D eigenvalue weighted by Gasteiger charge is -2.15. The molecule has 0 N–H and O–H groups in total. The standard InChI is InChI=1S/C9H16N2.2C2H6/c1-7(2)9(4)11-6-8(3)5-10-11;2*1-2/h5-7,9H,1-4H3;2*1-2H3. The molecule has 0 saturated carbocycles. The highest BCUT2D eigenvalue weighted by atomic mass is 15.3. The molecule has 0 aliphatic heterocycles. The van der Waals surface area contributed by atoms with E-state index in [-0.39, 0.29) is 0 Å². The molecule has 1 aromatic heterocycles. The Morgan fingerprint density at radius 2 is 1.53 bits per heavy atom. The fourth-order valence-corrected chi connectivity index (χ4v) is 0.961. The minimum Gasteiger partial charge on any atom is -0.269 e. The number of aromatic nitrogens is 2. The third kappa shape index (κ3) is 6.32. The van der Waals surface area contributed by atoms with Crippen LogP contribution in [0.3, 0.4) is 0 Å². The van der Waals surface area contributed by atoms with Gasteiger partial charge in [-0.15, -0.1) is 0 Å². The molecule has 90 valence electrons. The highest BCUT2D eigenvalue weighted by molar-refractivity contribution is 5.00. The first kappa shape index (κ1) is 16.6. The molecule has 0 saturated heterocycles. The number of rotatable bonds is 2. The second kappa shape index (κ2) is 9.75. The molecule has 0 radical (unpaired) electrons. The van der Waals surface area contributed by atoms with E-state index in [1.165, 1.54) is 5.56 Å². The predicted molar refractivity (Wildman–Crippen MR) is 69.2 cm³/mol. The molecule has 0 fully saturated rings. The van der Waals surface area contributed by atoms with Crippen LogP contribution in [0.1, 0.15) is 60.1 Å². The van der Waals surface area contributed by atoms with Crippen LogP contribution in [0.2, 0.25) is 0 Å². The molecule has 1 rings (SSSR count).